The molecule has 0 atom stereocenters. The average Bonchev–Trinajstić information content (AvgIpc) is 2.67. The highest BCUT2D eigenvalue weighted by Gasteiger charge is 2.21. The Bertz CT molecular complexity index is 844. The monoisotopic (exact) mass is 422 g/mol. The molecule has 0 amide bonds. The molecule has 6 nitrogen and oxygen atoms in total. The largest absolute Gasteiger partial charge is 0.506 e. The molecule has 0 aliphatic heterocycles. The Morgan fingerprint density at radius 3 is 2.12 bits per heavy atom. The van der Waals surface area contributed by atoms with E-state index in [-0.39, 0.29) is 21.5 Å². The molecule has 0 saturated carbocycles. The first-order chi connectivity index (χ1) is 12.5. The second kappa shape index (κ2) is 8.62. The highest BCUT2D eigenvalue weighted by Crippen LogP contribution is 2.42. The zero-order chi connectivity index (χ0) is 19.3. The van der Waals surface area contributed by atoms with Crippen LogP contribution in [0.3, 0.4) is 0 Å². The minimum Gasteiger partial charge on any atom is -0.506 e. The summed E-state index contributed by atoms with van der Waals surface area (Å²) in [6, 6.07) is 6.79. The van der Waals surface area contributed by atoms with E-state index in [9.17, 15) is 9.90 Å². The Morgan fingerprint density at radius 1 is 0.923 bits per heavy atom. The van der Waals surface area contributed by atoms with Crippen molar-refractivity contribution < 1.29 is 28.8 Å². The highest BCUT2D eigenvalue weighted by molar-refractivity contribution is 9.10. The Kier molecular flexibility index (Phi) is 6.52. The fourth-order valence-corrected chi connectivity index (χ4v) is 2.83. The number of phenolic OH excluding ortho intramolecular Hbond substituents is 1. The van der Waals surface area contributed by atoms with Crippen LogP contribution in [-0.4, -0.2) is 39.3 Å². The number of phenols is 1. The first kappa shape index (κ1) is 19.7. The van der Waals surface area contributed by atoms with Crippen molar-refractivity contribution in [2.45, 2.75) is 0 Å². The molecule has 26 heavy (non-hydrogen) atoms. The molecule has 0 fully saturated rings. The summed E-state index contributed by atoms with van der Waals surface area (Å²) in [5.74, 6) is 1.05. The lowest BCUT2D eigenvalue weighted by Crippen LogP contribution is -2.01. The molecular weight excluding hydrogens is 404 g/mol. The summed E-state index contributed by atoms with van der Waals surface area (Å²) >= 11 is 3.22. The fourth-order valence-electron chi connectivity index (χ4n) is 2.36. The second-order valence-electron chi connectivity index (χ2n) is 5.13. The van der Waals surface area contributed by atoms with Gasteiger partial charge in [-0.25, -0.2) is 0 Å². The standard InChI is InChI=1S/C19H19BrO6/c1-23-13-8-6-11(9-14(13)24-2)5-7-12(21)17-15(25-3)10-16(26-4)18(20)19(17)22/h5-10,22H,1-4H3/b7-5+. The summed E-state index contributed by atoms with van der Waals surface area (Å²) in [6.45, 7) is 0. The van der Waals surface area contributed by atoms with Gasteiger partial charge in [0.15, 0.2) is 17.3 Å². The van der Waals surface area contributed by atoms with Crippen LogP contribution in [0.1, 0.15) is 15.9 Å². The van der Waals surface area contributed by atoms with Crippen molar-refractivity contribution in [2.75, 3.05) is 28.4 Å². The molecule has 2 aromatic rings. The van der Waals surface area contributed by atoms with Crippen LogP contribution in [0.5, 0.6) is 28.7 Å². The summed E-state index contributed by atoms with van der Waals surface area (Å²) in [5, 5.41) is 10.3. The number of hydrogen-bond donors (Lipinski definition) is 1. The third kappa shape index (κ3) is 3.94. The van der Waals surface area contributed by atoms with E-state index in [4.69, 9.17) is 18.9 Å². The van der Waals surface area contributed by atoms with Crippen molar-refractivity contribution in [1.29, 1.82) is 0 Å². The third-order valence-corrected chi connectivity index (χ3v) is 4.46. The van der Waals surface area contributed by atoms with Crippen molar-refractivity contribution in [2.24, 2.45) is 0 Å². The molecule has 0 saturated heterocycles. The van der Waals surface area contributed by atoms with Gasteiger partial charge in [0.2, 0.25) is 0 Å². The van der Waals surface area contributed by atoms with Gasteiger partial charge in [-0.05, 0) is 39.7 Å². The van der Waals surface area contributed by atoms with Gasteiger partial charge in [-0.15, -0.1) is 0 Å². The number of allylic oxidation sites excluding steroid dienone is 1. The van der Waals surface area contributed by atoms with E-state index in [2.05, 4.69) is 15.9 Å². The van der Waals surface area contributed by atoms with Crippen molar-refractivity contribution >= 4 is 27.8 Å². The summed E-state index contributed by atoms with van der Waals surface area (Å²) in [5.41, 5.74) is 0.777. The lowest BCUT2D eigenvalue weighted by atomic mass is 10.1. The van der Waals surface area contributed by atoms with Crippen LogP contribution in [0.2, 0.25) is 0 Å². The van der Waals surface area contributed by atoms with E-state index >= 15 is 0 Å². The Morgan fingerprint density at radius 2 is 1.54 bits per heavy atom. The maximum absolute atomic E-state index is 12.6. The number of benzene rings is 2. The van der Waals surface area contributed by atoms with Gasteiger partial charge >= 0.3 is 0 Å². The van der Waals surface area contributed by atoms with Gasteiger partial charge in [-0.1, -0.05) is 12.1 Å². The molecule has 0 aliphatic carbocycles. The van der Waals surface area contributed by atoms with Crippen molar-refractivity contribution in [3.05, 3.63) is 45.9 Å². The first-order valence-corrected chi connectivity index (χ1v) is 8.34. The quantitative estimate of drug-likeness (QED) is 0.534. The zero-order valence-electron chi connectivity index (χ0n) is 14.8. The van der Waals surface area contributed by atoms with Crippen LogP contribution in [0.15, 0.2) is 34.8 Å². The van der Waals surface area contributed by atoms with E-state index in [0.717, 1.165) is 5.56 Å². The summed E-state index contributed by atoms with van der Waals surface area (Å²) in [4.78, 5) is 12.6. The number of ether oxygens (including phenoxy) is 4. The number of halogens is 1. The zero-order valence-corrected chi connectivity index (χ0v) is 16.4. The van der Waals surface area contributed by atoms with E-state index < -0.39 is 5.78 Å². The number of ketones is 1. The fraction of sp³-hybridized carbons (Fsp3) is 0.211. The van der Waals surface area contributed by atoms with Crippen LogP contribution in [-0.2, 0) is 0 Å². The predicted molar refractivity (Wildman–Crippen MR) is 102 cm³/mol. The van der Waals surface area contributed by atoms with E-state index in [1.807, 2.05) is 0 Å². The number of carbonyl (C=O) groups is 1. The van der Waals surface area contributed by atoms with Gasteiger partial charge in [-0.3, -0.25) is 4.79 Å². The van der Waals surface area contributed by atoms with Crippen LogP contribution < -0.4 is 18.9 Å². The topological polar surface area (TPSA) is 74.2 Å². The number of rotatable bonds is 7. The minimum atomic E-state index is -0.419. The van der Waals surface area contributed by atoms with Crippen LogP contribution in [0, 0.1) is 0 Å². The number of hydrogen-bond acceptors (Lipinski definition) is 6. The SMILES string of the molecule is COc1ccc(/C=C/C(=O)c2c(OC)cc(OC)c(Br)c2O)cc1OC. The van der Waals surface area contributed by atoms with Crippen LogP contribution in [0.25, 0.3) is 6.08 Å². The molecule has 0 radical (unpaired) electrons. The van der Waals surface area contributed by atoms with Gasteiger partial charge in [0.1, 0.15) is 27.3 Å². The highest BCUT2D eigenvalue weighted by atomic mass is 79.9. The molecule has 1 N–H and O–H groups in total. The molecule has 7 heteroatoms. The van der Waals surface area contributed by atoms with Gasteiger partial charge in [-0.2, -0.15) is 0 Å². The maximum atomic E-state index is 12.6. The maximum Gasteiger partial charge on any atom is 0.193 e. The summed E-state index contributed by atoms with van der Waals surface area (Å²) in [6.07, 6.45) is 2.96. The number of aromatic hydroxyl groups is 1. The molecule has 2 rings (SSSR count). The van der Waals surface area contributed by atoms with Gasteiger partial charge in [0.25, 0.3) is 0 Å². The molecular formula is C19H19BrO6. The van der Waals surface area contributed by atoms with Gasteiger partial charge in [0, 0.05) is 6.07 Å². The predicted octanol–water partition coefficient (Wildman–Crippen LogP) is 4.09. The number of methoxy groups -OCH3 is 4. The van der Waals surface area contributed by atoms with E-state index in [1.165, 1.54) is 33.5 Å². The number of carbonyl (C=O) groups excluding carboxylic acids is 1. The Hall–Kier alpha value is -2.67. The van der Waals surface area contributed by atoms with Gasteiger partial charge in [0.05, 0.1) is 28.4 Å². The third-order valence-electron chi connectivity index (χ3n) is 3.69. The molecule has 0 spiro atoms. The molecule has 2 aromatic carbocycles. The van der Waals surface area contributed by atoms with E-state index in [0.29, 0.717) is 17.2 Å². The van der Waals surface area contributed by atoms with E-state index in [1.54, 1.807) is 31.4 Å². The average molecular weight is 423 g/mol. The Labute approximate surface area is 160 Å². The van der Waals surface area contributed by atoms with Gasteiger partial charge < -0.3 is 24.1 Å². The van der Waals surface area contributed by atoms with Crippen molar-refractivity contribution in [1.82, 2.24) is 0 Å². The summed E-state index contributed by atoms with van der Waals surface area (Å²) in [7, 11) is 5.95. The van der Waals surface area contributed by atoms with Crippen molar-refractivity contribution in [3.63, 3.8) is 0 Å². The molecule has 138 valence electrons. The molecule has 0 heterocycles. The normalized spacial score (nSPS) is 10.7. The smallest absolute Gasteiger partial charge is 0.193 e. The molecule has 0 unspecified atom stereocenters. The second-order valence-corrected chi connectivity index (χ2v) is 5.92. The minimum absolute atomic E-state index is 0.0388. The molecule has 0 bridgehead atoms. The lowest BCUT2D eigenvalue weighted by Gasteiger charge is -2.13. The lowest BCUT2D eigenvalue weighted by molar-refractivity contribution is 0.104. The molecule has 0 aromatic heterocycles. The first-order valence-electron chi connectivity index (χ1n) is 7.54. The van der Waals surface area contributed by atoms with Crippen LogP contribution in [0.4, 0.5) is 0 Å². The Balaban J connectivity index is 2.38. The summed E-state index contributed by atoms with van der Waals surface area (Å²) < 4.78 is 21.1. The van der Waals surface area contributed by atoms with Crippen molar-refractivity contribution in [3.8, 4) is 28.7 Å². The van der Waals surface area contributed by atoms with Crippen LogP contribution >= 0.6 is 15.9 Å². The molecule has 0 aliphatic rings.